The number of hydrogen-bond donors (Lipinski definition) is 9. The van der Waals surface area contributed by atoms with Crippen LogP contribution in [-0.2, 0) is 38.4 Å². The first-order valence-electron chi connectivity index (χ1n) is 15.1. The molecule has 260 valence electrons. The molecule has 6 atom stereocenters. The molecule has 0 spiro atoms. The van der Waals surface area contributed by atoms with Crippen LogP contribution in [0.1, 0.15) is 60.3 Å². The zero-order valence-corrected chi connectivity index (χ0v) is 26.8. The van der Waals surface area contributed by atoms with Crippen molar-refractivity contribution in [3.05, 3.63) is 0 Å². The molecule has 11 N–H and O–H groups in total. The minimum Gasteiger partial charge on any atom is -0.480 e. The summed E-state index contributed by atoms with van der Waals surface area (Å²) >= 11 is 0. The van der Waals surface area contributed by atoms with Gasteiger partial charge in [0.2, 0.25) is 41.4 Å². The normalized spacial score (nSPS) is 17.7. The molecule has 1 aliphatic rings. The van der Waals surface area contributed by atoms with E-state index in [1.165, 1.54) is 11.8 Å². The number of nitrogens with zero attached hydrogens (tertiary/aromatic N) is 1. The molecule has 0 aromatic carbocycles. The van der Waals surface area contributed by atoms with Crippen molar-refractivity contribution in [2.75, 3.05) is 19.7 Å². The van der Waals surface area contributed by atoms with Crippen molar-refractivity contribution < 1.29 is 48.6 Å². The maximum absolute atomic E-state index is 13.0. The molecule has 0 aliphatic carbocycles. The number of aliphatic hydroxyl groups is 1. The molecule has 1 saturated heterocycles. The summed E-state index contributed by atoms with van der Waals surface area (Å²) in [5, 5.41) is 30.3. The SMILES string of the molecule is CC(C)C[C@H](N)C(=O)N1CCC[C@H]1C(=O)N[C@@H](C)C(=O)N[C@@H](CO)C(=O)N[C@@H](CC(N)=O)C(=O)NCC(=O)N[C@H](C(=O)O)C(C)C. The van der Waals surface area contributed by atoms with Crippen LogP contribution in [0.4, 0.5) is 0 Å². The van der Waals surface area contributed by atoms with Crippen molar-refractivity contribution in [1.82, 2.24) is 31.5 Å². The van der Waals surface area contributed by atoms with Gasteiger partial charge in [-0.1, -0.05) is 27.7 Å². The van der Waals surface area contributed by atoms with Gasteiger partial charge in [-0.05, 0) is 38.0 Å². The van der Waals surface area contributed by atoms with Crippen LogP contribution in [0.15, 0.2) is 0 Å². The van der Waals surface area contributed by atoms with E-state index < -0.39 is 103 Å². The molecular formula is C28H48N8O10. The second kappa shape index (κ2) is 18.6. The largest absolute Gasteiger partial charge is 0.480 e. The Morgan fingerprint density at radius 3 is 2.00 bits per heavy atom. The van der Waals surface area contributed by atoms with E-state index in [4.69, 9.17) is 11.5 Å². The van der Waals surface area contributed by atoms with Gasteiger partial charge in [0.1, 0.15) is 30.2 Å². The quantitative estimate of drug-likeness (QED) is 0.0686. The van der Waals surface area contributed by atoms with Crippen LogP contribution in [-0.4, -0.2) is 118 Å². The first kappa shape index (κ1) is 39.7. The number of carbonyl (C=O) groups is 8. The van der Waals surface area contributed by atoms with Crippen LogP contribution in [0.2, 0.25) is 0 Å². The zero-order valence-electron chi connectivity index (χ0n) is 26.8. The number of hydrogen-bond acceptors (Lipinski definition) is 10. The fourth-order valence-corrected chi connectivity index (χ4v) is 4.70. The van der Waals surface area contributed by atoms with E-state index in [2.05, 4.69) is 26.6 Å². The molecule has 0 bridgehead atoms. The number of aliphatic hydroxyl groups excluding tert-OH is 1. The average Bonchev–Trinajstić information content (AvgIpc) is 3.45. The Balaban J connectivity index is 2.81. The van der Waals surface area contributed by atoms with Gasteiger partial charge >= 0.3 is 5.97 Å². The number of nitrogens with one attached hydrogen (secondary N) is 5. The number of nitrogens with two attached hydrogens (primary N) is 2. The van der Waals surface area contributed by atoms with Crippen LogP contribution in [0.25, 0.3) is 0 Å². The van der Waals surface area contributed by atoms with E-state index in [-0.39, 0.29) is 11.8 Å². The lowest BCUT2D eigenvalue weighted by Gasteiger charge is -2.28. The topological polar surface area (TPSA) is 292 Å². The third kappa shape index (κ3) is 12.6. The molecule has 1 aliphatic heterocycles. The summed E-state index contributed by atoms with van der Waals surface area (Å²) in [5.74, 6) is -7.36. The predicted molar refractivity (Wildman–Crippen MR) is 162 cm³/mol. The standard InChI is InChI=1S/C28H48N8O10/c1-13(2)9-16(29)27(44)36-8-6-7-19(36)26(43)32-15(5)23(40)34-18(12-37)25(42)33-17(10-20(30)38)24(41)31-11-21(39)35-22(14(3)4)28(45)46/h13-19,22,37H,6-12,29H2,1-5H3,(H2,30,38)(H,31,41)(H,32,43)(H,33,42)(H,34,40)(H,35,39)(H,45,46)/t15-,16-,17-,18-,19-,22-/m0/s1. The molecule has 0 unspecified atom stereocenters. The van der Waals surface area contributed by atoms with E-state index in [1.54, 1.807) is 13.8 Å². The molecule has 46 heavy (non-hydrogen) atoms. The monoisotopic (exact) mass is 656 g/mol. The number of carboxylic acid groups (broad SMARTS) is 1. The summed E-state index contributed by atoms with van der Waals surface area (Å²) in [4.78, 5) is 100. The Morgan fingerprint density at radius 2 is 1.48 bits per heavy atom. The highest BCUT2D eigenvalue weighted by Crippen LogP contribution is 2.20. The number of carbonyl (C=O) groups excluding carboxylic acids is 7. The van der Waals surface area contributed by atoms with Gasteiger partial charge in [-0.25, -0.2) is 4.79 Å². The molecule has 1 heterocycles. The maximum atomic E-state index is 13.0. The third-order valence-electron chi connectivity index (χ3n) is 7.16. The van der Waals surface area contributed by atoms with Gasteiger partial charge in [0.25, 0.3) is 0 Å². The van der Waals surface area contributed by atoms with Gasteiger partial charge in [-0.2, -0.15) is 0 Å². The summed E-state index contributed by atoms with van der Waals surface area (Å²) in [5.41, 5.74) is 11.2. The molecule has 0 aromatic heterocycles. The Morgan fingerprint density at radius 1 is 0.870 bits per heavy atom. The van der Waals surface area contributed by atoms with Crippen LogP contribution in [0.5, 0.6) is 0 Å². The second-order valence-corrected chi connectivity index (χ2v) is 12.0. The van der Waals surface area contributed by atoms with Crippen molar-refractivity contribution >= 4 is 47.3 Å². The highest BCUT2D eigenvalue weighted by Gasteiger charge is 2.37. The Hall–Kier alpha value is -4.32. The zero-order chi connectivity index (χ0) is 35.3. The highest BCUT2D eigenvalue weighted by molar-refractivity contribution is 5.97. The van der Waals surface area contributed by atoms with E-state index in [0.717, 1.165) is 0 Å². The fourth-order valence-electron chi connectivity index (χ4n) is 4.70. The van der Waals surface area contributed by atoms with Gasteiger partial charge in [0.05, 0.1) is 25.6 Å². The van der Waals surface area contributed by atoms with Gasteiger partial charge in [-0.15, -0.1) is 0 Å². The van der Waals surface area contributed by atoms with Gasteiger partial charge < -0.3 is 53.2 Å². The lowest BCUT2D eigenvalue weighted by molar-refractivity contribution is -0.143. The van der Waals surface area contributed by atoms with E-state index in [0.29, 0.717) is 25.8 Å². The van der Waals surface area contributed by atoms with Crippen LogP contribution >= 0.6 is 0 Å². The third-order valence-corrected chi connectivity index (χ3v) is 7.16. The first-order valence-corrected chi connectivity index (χ1v) is 15.1. The van der Waals surface area contributed by atoms with E-state index in [9.17, 15) is 48.6 Å². The number of rotatable bonds is 18. The molecule has 0 radical (unpaired) electrons. The molecule has 1 rings (SSSR count). The summed E-state index contributed by atoms with van der Waals surface area (Å²) in [6.07, 6.45) is 0.663. The first-order chi connectivity index (χ1) is 21.4. The number of carboxylic acids is 1. The highest BCUT2D eigenvalue weighted by atomic mass is 16.4. The van der Waals surface area contributed by atoms with Crippen molar-refractivity contribution in [1.29, 1.82) is 0 Å². The lowest BCUT2D eigenvalue weighted by Crippen LogP contribution is -2.59. The molecule has 1 fully saturated rings. The Bertz CT molecular complexity index is 1150. The summed E-state index contributed by atoms with van der Waals surface area (Å²) < 4.78 is 0. The molecule has 18 heteroatoms. The van der Waals surface area contributed by atoms with Gasteiger partial charge in [0.15, 0.2) is 0 Å². The average molecular weight is 657 g/mol. The van der Waals surface area contributed by atoms with Crippen LogP contribution < -0.4 is 38.1 Å². The van der Waals surface area contributed by atoms with Crippen molar-refractivity contribution in [2.45, 2.75) is 96.6 Å². The van der Waals surface area contributed by atoms with E-state index in [1.807, 2.05) is 13.8 Å². The second-order valence-electron chi connectivity index (χ2n) is 12.0. The minimum atomic E-state index is -1.63. The summed E-state index contributed by atoms with van der Waals surface area (Å²) in [6, 6.07) is -7.29. The lowest BCUT2D eigenvalue weighted by atomic mass is 10.0. The molecule has 18 nitrogen and oxygen atoms in total. The minimum absolute atomic E-state index is 0.171. The number of amides is 7. The summed E-state index contributed by atoms with van der Waals surface area (Å²) in [7, 11) is 0. The molecule has 0 saturated carbocycles. The Kier molecular flexibility index (Phi) is 16.1. The molecular weight excluding hydrogens is 608 g/mol. The number of primary amides is 1. The smallest absolute Gasteiger partial charge is 0.326 e. The maximum Gasteiger partial charge on any atom is 0.326 e. The van der Waals surface area contributed by atoms with Crippen LogP contribution in [0.3, 0.4) is 0 Å². The Labute approximate surface area is 267 Å². The molecule has 0 aromatic rings. The van der Waals surface area contributed by atoms with Crippen LogP contribution in [0, 0.1) is 11.8 Å². The molecule has 7 amide bonds. The fraction of sp³-hybridized carbons (Fsp3) is 0.714. The van der Waals surface area contributed by atoms with Gasteiger partial charge in [-0.3, -0.25) is 33.6 Å². The summed E-state index contributed by atoms with van der Waals surface area (Å²) in [6.45, 7) is 7.01. The van der Waals surface area contributed by atoms with Gasteiger partial charge in [0, 0.05) is 6.54 Å². The number of aliphatic carboxylic acids is 1. The predicted octanol–water partition coefficient (Wildman–Crippen LogP) is -3.97. The van der Waals surface area contributed by atoms with Crippen molar-refractivity contribution in [3.63, 3.8) is 0 Å². The number of likely N-dealkylation sites (tertiary alicyclic amines) is 1. The van der Waals surface area contributed by atoms with E-state index >= 15 is 0 Å². The van der Waals surface area contributed by atoms with Crippen molar-refractivity contribution in [2.24, 2.45) is 23.3 Å². The van der Waals surface area contributed by atoms with Crippen molar-refractivity contribution in [3.8, 4) is 0 Å².